The van der Waals surface area contributed by atoms with Gasteiger partial charge in [0.15, 0.2) is 0 Å². The van der Waals surface area contributed by atoms with Crippen LogP contribution in [0.4, 0.5) is 5.69 Å². The second-order valence-electron chi connectivity index (χ2n) is 8.01. The van der Waals surface area contributed by atoms with E-state index in [4.69, 9.17) is 16.3 Å². The molecule has 1 N–H and O–H groups in total. The summed E-state index contributed by atoms with van der Waals surface area (Å²) in [7, 11) is -2.63. The smallest absolute Gasteiger partial charge is 0.264 e. The Morgan fingerprint density at radius 2 is 1.75 bits per heavy atom. The minimum absolute atomic E-state index is 0.0482. The largest absolute Gasteiger partial charge is 0.495 e. The molecular weight excluding hydrogens is 498 g/mol. The van der Waals surface area contributed by atoms with Crippen LogP contribution in [0.5, 0.6) is 5.75 Å². The number of hydrazone groups is 1. The van der Waals surface area contributed by atoms with Crippen LogP contribution in [0.15, 0.2) is 94.9 Å². The van der Waals surface area contributed by atoms with E-state index in [1.807, 2.05) is 49.4 Å². The average Bonchev–Trinajstić information content (AvgIpc) is 2.87. The number of benzene rings is 4. The zero-order valence-electron chi connectivity index (χ0n) is 19.7. The van der Waals surface area contributed by atoms with E-state index >= 15 is 0 Å². The van der Waals surface area contributed by atoms with Gasteiger partial charge in [0.1, 0.15) is 12.3 Å². The number of halogens is 1. The summed E-state index contributed by atoms with van der Waals surface area (Å²) in [6.07, 6.45) is 1.53. The molecule has 0 fully saturated rings. The summed E-state index contributed by atoms with van der Waals surface area (Å²) >= 11 is 6.26. The van der Waals surface area contributed by atoms with Crippen molar-refractivity contribution in [2.24, 2.45) is 5.10 Å². The molecule has 0 atom stereocenters. The Bertz CT molecular complexity index is 1530. The van der Waals surface area contributed by atoms with Gasteiger partial charge in [-0.3, -0.25) is 9.10 Å². The number of nitrogens with zero attached hydrogens (tertiary/aromatic N) is 2. The number of aryl methyl sites for hydroxylation is 1. The monoisotopic (exact) mass is 521 g/mol. The van der Waals surface area contributed by atoms with Crippen molar-refractivity contribution in [1.29, 1.82) is 0 Å². The Hall–Kier alpha value is -3.88. The lowest BCUT2D eigenvalue weighted by Crippen LogP contribution is -2.39. The molecule has 184 valence electrons. The molecule has 0 saturated carbocycles. The van der Waals surface area contributed by atoms with Gasteiger partial charge in [-0.25, -0.2) is 13.8 Å². The zero-order chi connectivity index (χ0) is 25.7. The van der Waals surface area contributed by atoms with Crippen molar-refractivity contribution in [2.75, 3.05) is 18.0 Å². The van der Waals surface area contributed by atoms with Crippen molar-refractivity contribution in [3.8, 4) is 5.75 Å². The predicted molar refractivity (Wildman–Crippen MR) is 143 cm³/mol. The van der Waals surface area contributed by atoms with Crippen molar-refractivity contribution in [3.05, 3.63) is 101 Å². The number of hydrogen-bond acceptors (Lipinski definition) is 5. The summed E-state index contributed by atoms with van der Waals surface area (Å²) in [6.45, 7) is 1.35. The Morgan fingerprint density at radius 3 is 2.47 bits per heavy atom. The number of carbonyl (C=O) groups excluding carboxylic acids is 1. The minimum atomic E-state index is -4.09. The summed E-state index contributed by atoms with van der Waals surface area (Å²) in [4.78, 5) is 12.9. The highest BCUT2D eigenvalue weighted by Crippen LogP contribution is 2.32. The predicted octanol–water partition coefficient (Wildman–Crippen LogP) is 5.16. The molecule has 4 aromatic carbocycles. The van der Waals surface area contributed by atoms with Crippen LogP contribution in [-0.2, 0) is 14.8 Å². The summed E-state index contributed by atoms with van der Waals surface area (Å²) < 4.78 is 33.2. The van der Waals surface area contributed by atoms with Crippen LogP contribution in [0.25, 0.3) is 10.8 Å². The van der Waals surface area contributed by atoms with E-state index in [1.54, 1.807) is 18.2 Å². The molecule has 4 rings (SSSR count). The first-order valence-corrected chi connectivity index (χ1v) is 12.8. The summed E-state index contributed by atoms with van der Waals surface area (Å²) in [5, 5.41) is 6.30. The zero-order valence-corrected chi connectivity index (χ0v) is 21.3. The van der Waals surface area contributed by atoms with Crippen LogP contribution >= 0.6 is 11.6 Å². The number of amides is 1. The Kier molecular flexibility index (Phi) is 7.57. The van der Waals surface area contributed by atoms with E-state index in [9.17, 15) is 13.2 Å². The van der Waals surface area contributed by atoms with Crippen molar-refractivity contribution >= 4 is 50.2 Å². The quantitative estimate of drug-likeness (QED) is 0.256. The highest BCUT2D eigenvalue weighted by Gasteiger charge is 2.27. The standard InChI is InChI=1S/C27H24ClN3O4S/c1-19-10-13-23(14-11-19)36(33,34)31(22-12-15-26(35-2)25(28)16-22)18-27(32)30-29-17-21-8-5-7-20-6-3-4-9-24(20)21/h3-17H,18H2,1-2H3,(H,30,32)/b29-17-. The number of anilines is 1. The normalized spacial score (nSPS) is 11.5. The number of carbonyl (C=O) groups is 1. The van der Waals surface area contributed by atoms with Crippen molar-refractivity contribution in [3.63, 3.8) is 0 Å². The minimum Gasteiger partial charge on any atom is -0.495 e. The highest BCUT2D eigenvalue weighted by molar-refractivity contribution is 7.92. The molecule has 0 aliphatic carbocycles. The third kappa shape index (κ3) is 5.50. The van der Waals surface area contributed by atoms with E-state index in [0.717, 1.165) is 26.2 Å². The molecule has 0 saturated heterocycles. The van der Waals surface area contributed by atoms with Gasteiger partial charge in [-0.1, -0.05) is 71.8 Å². The van der Waals surface area contributed by atoms with Gasteiger partial charge in [-0.15, -0.1) is 0 Å². The molecule has 0 aromatic heterocycles. The van der Waals surface area contributed by atoms with Gasteiger partial charge in [-0.05, 0) is 48.0 Å². The maximum absolute atomic E-state index is 13.5. The third-order valence-corrected chi connectivity index (χ3v) is 7.62. The first kappa shape index (κ1) is 25.2. The summed E-state index contributed by atoms with van der Waals surface area (Å²) in [5.41, 5.74) is 4.38. The summed E-state index contributed by atoms with van der Waals surface area (Å²) in [5.74, 6) is -0.230. The van der Waals surface area contributed by atoms with Gasteiger partial charge in [-0.2, -0.15) is 5.10 Å². The lowest BCUT2D eigenvalue weighted by Gasteiger charge is -2.24. The Morgan fingerprint density at radius 1 is 1.03 bits per heavy atom. The number of hydrogen-bond donors (Lipinski definition) is 1. The highest BCUT2D eigenvalue weighted by atomic mass is 35.5. The lowest BCUT2D eigenvalue weighted by atomic mass is 10.1. The molecular formula is C27H24ClN3O4S. The van der Waals surface area contributed by atoms with Gasteiger partial charge < -0.3 is 4.74 Å². The van der Waals surface area contributed by atoms with Crippen LogP contribution in [0, 0.1) is 6.92 Å². The third-order valence-electron chi connectivity index (χ3n) is 5.54. The van der Waals surface area contributed by atoms with Crippen LogP contribution in [-0.4, -0.2) is 34.2 Å². The fourth-order valence-electron chi connectivity index (χ4n) is 3.67. The molecule has 1 amide bonds. The molecule has 36 heavy (non-hydrogen) atoms. The van der Waals surface area contributed by atoms with Gasteiger partial charge >= 0.3 is 0 Å². The number of fused-ring (bicyclic) bond motifs is 1. The van der Waals surface area contributed by atoms with Crippen LogP contribution in [0.2, 0.25) is 5.02 Å². The number of sulfonamides is 1. The van der Waals surface area contributed by atoms with Gasteiger partial charge in [0, 0.05) is 5.56 Å². The second-order valence-corrected chi connectivity index (χ2v) is 10.3. The van der Waals surface area contributed by atoms with E-state index < -0.39 is 22.5 Å². The number of rotatable bonds is 8. The number of methoxy groups -OCH3 is 1. The molecule has 0 aliphatic heterocycles. The first-order valence-electron chi connectivity index (χ1n) is 11.0. The molecule has 9 heteroatoms. The molecule has 0 aliphatic rings. The first-order chi connectivity index (χ1) is 17.3. The fourth-order valence-corrected chi connectivity index (χ4v) is 5.33. The van der Waals surface area contributed by atoms with Gasteiger partial charge in [0.2, 0.25) is 0 Å². The molecule has 4 aromatic rings. The van der Waals surface area contributed by atoms with Crippen molar-refractivity contribution in [1.82, 2.24) is 5.43 Å². The maximum atomic E-state index is 13.5. The van der Waals surface area contributed by atoms with E-state index in [0.29, 0.717) is 5.75 Å². The average molecular weight is 522 g/mol. The number of nitrogens with one attached hydrogen (secondary N) is 1. The van der Waals surface area contributed by atoms with E-state index in [2.05, 4.69) is 10.5 Å². The molecule has 0 unspecified atom stereocenters. The molecule has 0 bridgehead atoms. The topological polar surface area (TPSA) is 88.1 Å². The van der Waals surface area contributed by atoms with Gasteiger partial charge in [0.25, 0.3) is 15.9 Å². The molecule has 7 nitrogen and oxygen atoms in total. The lowest BCUT2D eigenvalue weighted by molar-refractivity contribution is -0.119. The Labute approximate surface area is 215 Å². The SMILES string of the molecule is COc1ccc(N(CC(=O)N/N=C\c2cccc3ccccc23)S(=O)(=O)c2ccc(C)cc2)cc1Cl. The van der Waals surface area contributed by atoms with Crippen LogP contribution < -0.4 is 14.5 Å². The van der Waals surface area contributed by atoms with Crippen molar-refractivity contribution < 1.29 is 17.9 Å². The van der Waals surface area contributed by atoms with Crippen molar-refractivity contribution in [2.45, 2.75) is 11.8 Å². The molecule has 0 spiro atoms. The second kappa shape index (κ2) is 10.8. The van der Waals surface area contributed by atoms with E-state index in [-0.39, 0.29) is 15.6 Å². The van der Waals surface area contributed by atoms with Gasteiger partial charge in [0.05, 0.1) is 28.9 Å². The molecule has 0 radical (unpaired) electrons. The molecule has 0 heterocycles. The van der Waals surface area contributed by atoms with Crippen LogP contribution in [0.1, 0.15) is 11.1 Å². The summed E-state index contributed by atoms with van der Waals surface area (Å²) in [6, 6.07) is 24.5. The van der Waals surface area contributed by atoms with E-state index in [1.165, 1.54) is 37.6 Å². The van der Waals surface area contributed by atoms with Crippen LogP contribution in [0.3, 0.4) is 0 Å². The Balaban J connectivity index is 1.61. The fraction of sp³-hybridized carbons (Fsp3) is 0.111. The number of ether oxygens (including phenoxy) is 1. The maximum Gasteiger partial charge on any atom is 0.264 e.